The lowest BCUT2D eigenvalue weighted by molar-refractivity contribution is 0.428. The monoisotopic (exact) mass is 376 g/mol. The zero-order chi connectivity index (χ0) is 19.7. The van der Waals surface area contributed by atoms with Crippen molar-refractivity contribution in [3.8, 4) is 6.07 Å². The summed E-state index contributed by atoms with van der Waals surface area (Å²) in [5.74, 6) is -0.661. The summed E-state index contributed by atoms with van der Waals surface area (Å²) in [6.45, 7) is 1.89. The number of amidine groups is 1. The van der Waals surface area contributed by atoms with E-state index in [1.807, 2.05) is 13.0 Å². The van der Waals surface area contributed by atoms with E-state index in [4.69, 9.17) is 10.3 Å². The second-order valence-corrected chi connectivity index (χ2v) is 6.37. The summed E-state index contributed by atoms with van der Waals surface area (Å²) < 4.78 is 26.8. The first-order chi connectivity index (χ1) is 13.5. The molecule has 28 heavy (non-hydrogen) atoms. The van der Waals surface area contributed by atoms with Crippen molar-refractivity contribution in [2.45, 2.75) is 18.5 Å². The fourth-order valence-electron chi connectivity index (χ4n) is 3.41. The number of hydrogen-bond donors (Lipinski definition) is 1. The number of nitrogens with one attached hydrogen (secondary N) is 1. The highest BCUT2D eigenvalue weighted by atomic mass is 19.1. The molecule has 8 heteroatoms. The molecule has 0 aliphatic carbocycles. The highest BCUT2D eigenvalue weighted by Gasteiger charge is 2.45. The molecule has 0 aromatic carbocycles. The lowest BCUT2D eigenvalue weighted by Gasteiger charge is -2.34. The van der Waals surface area contributed by atoms with Gasteiger partial charge in [-0.05, 0) is 31.2 Å². The molecule has 0 bridgehead atoms. The van der Waals surface area contributed by atoms with Crippen LogP contribution in [0.15, 0.2) is 60.0 Å². The van der Waals surface area contributed by atoms with Gasteiger partial charge < -0.3 is 5.32 Å². The Balaban J connectivity index is 1.84. The zero-order valence-electron chi connectivity index (χ0n) is 14.8. The van der Waals surface area contributed by atoms with Crippen molar-refractivity contribution in [2.75, 3.05) is 0 Å². The van der Waals surface area contributed by atoms with Gasteiger partial charge in [0.05, 0.1) is 6.04 Å². The third kappa shape index (κ3) is 2.87. The fourth-order valence-corrected chi connectivity index (χ4v) is 3.41. The molecule has 6 nitrogen and oxygen atoms in total. The molecule has 1 aliphatic heterocycles. The minimum absolute atomic E-state index is 0.263. The van der Waals surface area contributed by atoms with Crippen LogP contribution < -0.4 is 5.32 Å². The van der Waals surface area contributed by atoms with Crippen molar-refractivity contribution in [2.24, 2.45) is 4.99 Å². The summed E-state index contributed by atoms with van der Waals surface area (Å²) in [6.07, 6.45) is 4.38. The molecular weight excluding hydrogens is 362 g/mol. The molecule has 4 rings (SSSR count). The van der Waals surface area contributed by atoms with Gasteiger partial charge in [0.15, 0.2) is 0 Å². The number of rotatable bonds is 3. The normalized spacial score (nSPS) is 17.5. The topological polar surface area (TPSA) is 86.9 Å². The van der Waals surface area contributed by atoms with Crippen LogP contribution in [0, 0.1) is 23.2 Å². The van der Waals surface area contributed by atoms with Crippen LogP contribution in [-0.4, -0.2) is 26.8 Å². The third-order valence-corrected chi connectivity index (χ3v) is 4.78. The van der Waals surface area contributed by atoms with Crippen molar-refractivity contribution in [3.05, 3.63) is 89.3 Å². The molecule has 1 N–H and O–H groups in total. The highest BCUT2D eigenvalue weighted by molar-refractivity contribution is 6.01. The molecule has 0 spiro atoms. The maximum Gasteiger partial charge on any atom is 0.212 e. The number of nitrogens with zero attached hydrogens (tertiary/aromatic N) is 5. The molecule has 138 valence electrons. The van der Waals surface area contributed by atoms with Gasteiger partial charge in [-0.1, -0.05) is 12.1 Å². The Kier molecular flexibility index (Phi) is 4.28. The standard InChI is InChI=1S/C20H14F2N6/c1-12-20(14-2-4-17(21)25-10-14,15-3-5-18(22)26-11-15)28-19(27-12)13-6-7-24-16(8-13)9-23/h2-8,10-12H,1H3,(H,27,28). The molecule has 4 heterocycles. The fraction of sp³-hybridized carbons (Fsp3) is 0.150. The number of pyridine rings is 3. The molecule has 0 saturated heterocycles. The first kappa shape index (κ1) is 17.7. The first-order valence-corrected chi connectivity index (χ1v) is 8.49. The van der Waals surface area contributed by atoms with Crippen LogP contribution in [0.2, 0.25) is 0 Å². The van der Waals surface area contributed by atoms with Gasteiger partial charge in [-0.2, -0.15) is 14.0 Å². The summed E-state index contributed by atoms with van der Waals surface area (Å²) in [4.78, 5) is 16.2. The average Bonchev–Trinajstić information content (AvgIpc) is 3.07. The van der Waals surface area contributed by atoms with Crippen molar-refractivity contribution in [1.82, 2.24) is 20.3 Å². The highest BCUT2D eigenvalue weighted by Crippen LogP contribution is 2.38. The van der Waals surface area contributed by atoms with Gasteiger partial charge in [0.25, 0.3) is 0 Å². The van der Waals surface area contributed by atoms with E-state index in [9.17, 15) is 8.78 Å². The van der Waals surface area contributed by atoms with Gasteiger partial charge in [0.2, 0.25) is 11.9 Å². The van der Waals surface area contributed by atoms with E-state index in [-0.39, 0.29) is 11.7 Å². The summed E-state index contributed by atoms with van der Waals surface area (Å²) in [5.41, 5.74) is 1.34. The number of nitriles is 1. The Morgan fingerprint density at radius 3 is 2.18 bits per heavy atom. The smallest absolute Gasteiger partial charge is 0.212 e. The maximum atomic E-state index is 13.4. The Morgan fingerprint density at radius 2 is 1.64 bits per heavy atom. The summed E-state index contributed by atoms with van der Waals surface area (Å²) in [5, 5.41) is 12.5. The molecule has 3 aromatic heterocycles. The van der Waals surface area contributed by atoms with E-state index in [1.165, 1.54) is 30.7 Å². The van der Waals surface area contributed by atoms with E-state index in [0.29, 0.717) is 22.5 Å². The summed E-state index contributed by atoms with van der Waals surface area (Å²) >= 11 is 0. The molecule has 0 fully saturated rings. The minimum Gasteiger partial charge on any atom is -0.354 e. The summed E-state index contributed by atoms with van der Waals surface area (Å²) in [7, 11) is 0. The molecular formula is C20H14F2N6. The van der Waals surface area contributed by atoms with Gasteiger partial charge in [0.1, 0.15) is 23.1 Å². The predicted octanol–water partition coefficient (Wildman–Crippen LogP) is 2.70. The SMILES string of the molecule is CC1N=C(c2ccnc(C#N)c2)NC1(c1ccc(F)nc1)c1ccc(F)nc1. The number of hydrogen-bond acceptors (Lipinski definition) is 6. The van der Waals surface area contributed by atoms with Crippen molar-refractivity contribution in [3.63, 3.8) is 0 Å². The number of halogens is 2. The molecule has 1 atom stereocenters. The molecule has 0 amide bonds. The van der Waals surface area contributed by atoms with E-state index in [1.54, 1.807) is 24.3 Å². The quantitative estimate of drug-likeness (QED) is 0.710. The van der Waals surface area contributed by atoms with Crippen LogP contribution in [0.3, 0.4) is 0 Å². The third-order valence-electron chi connectivity index (χ3n) is 4.78. The van der Waals surface area contributed by atoms with Gasteiger partial charge in [-0.25, -0.2) is 15.0 Å². The lowest BCUT2D eigenvalue weighted by atomic mass is 9.79. The second kappa shape index (κ2) is 6.78. The zero-order valence-corrected chi connectivity index (χ0v) is 14.8. The second-order valence-electron chi connectivity index (χ2n) is 6.37. The Bertz CT molecular complexity index is 1040. The van der Waals surface area contributed by atoms with Gasteiger partial charge in [0, 0.05) is 35.3 Å². The van der Waals surface area contributed by atoms with E-state index in [2.05, 4.69) is 20.3 Å². The Labute approximate surface area is 159 Å². The molecule has 3 aromatic rings. The van der Waals surface area contributed by atoms with Gasteiger partial charge >= 0.3 is 0 Å². The van der Waals surface area contributed by atoms with E-state index < -0.39 is 17.4 Å². The first-order valence-electron chi connectivity index (χ1n) is 8.49. The van der Waals surface area contributed by atoms with Crippen molar-refractivity contribution < 1.29 is 8.78 Å². The molecule has 0 radical (unpaired) electrons. The predicted molar refractivity (Wildman–Crippen MR) is 97.3 cm³/mol. The number of aliphatic imine (C=N–C) groups is 1. The van der Waals surface area contributed by atoms with Crippen LogP contribution >= 0.6 is 0 Å². The van der Waals surface area contributed by atoms with Crippen LogP contribution in [-0.2, 0) is 5.54 Å². The molecule has 0 saturated carbocycles. The van der Waals surface area contributed by atoms with E-state index >= 15 is 0 Å². The average molecular weight is 376 g/mol. The van der Waals surface area contributed by atoms with Crippen LogP contribution in [0.25, 0.3) is 0 Å². The van der Waals surface area contributed by atoms with Gasteiger partial charge in [-0.15, -0.1) is 0 Å². The van der Waals surface area contributed by atoms with Crippen LogP contribution in [0.1, 0.15) is 29.3 Å². The molecule has 1 aliphatic rings. The van der Waals surface area contributed by atoms with Crippen LogP contribution in [0.4, 0.5) is 8.78 Å². The minimum atomic E-state index is -0.924. The van der Waals surface area contributed by atoms with Gasteiger partial charge in [-0.3, -0.25) is 4.99 Å². The summed E-state index contributed by atoms with van der Waals surface area (Å²) in [6, 6.07) is 10.8. The van der Waals surface area contributed by atoms with E-state index in [0.717, 1.165) is 0 Å². The number of aromatic nitrogens is 3. The largest absolute Gasteiger partial charge is 0.354 e. The molecule has 1 unspecified atom stereocenters. The lowest BCUT2D eigenvalue weighted by Crippen LogP contribution is -2.48. The maximum absolute atomic E-state index is 13.4. The Hall–Kier alpha value is -3.73. The van der Waals surface area contributed by atoms with Crippen molar-refractivity contribution in [1.29, 1.82) is 5.26 Å². The van der Waals surface area contributed by atoms with Crippen molar-refractivity contribution >= 4 is 5.84 Å². The van der Waals surface area contributed by atoms with Crippen LogP contribution in [0.5, 0.6) is 0 Å². The Morgan fingerprint density at radius 1 is 1.00 bits per heavy atom.